The molecule has 0 radical (unpaired) electrons. The van der Waals surface area contributed by atoms with Crippen molar-refractivity contribution >= 4 is 23.4 Å². The highest BCUT2D eigenvalue weighted by Gasteiger charge is 2.15. The standard InChI is InChI=1S/C17H18N4O3S/c1-21(10-15(22)18-12-6-3-4-8-14(12)25-2)11-16-19-17(20-24-16)13-7-5-9-23-13/h3-9H,10-11H2,1-2H3,(H,18,22). The van der Waals surface area contributed by atoms with Gasteiger partial charge >= 0.3 is 0 Å². The van der Waals surface area contributed by atoms with Gasteiger partial charge in [0.25, 0.3) is 0 Å². The highest BCUT2D eigenvalue weighted by Crippen LogP contribution is 2.24. The van der Waals surface area contributed by atoms with Gasteiger partial charge in [-0.1, -0.05) is 17.3 Å². The summed E-state index contributed by atoms with van der Waals surface area (Å²) in [5.41, 5.74) is 0.811. The molecule has 0 aliphatic carbocycles. The smallest absolute Gasteiger partial charge is 0.241 e. The van der Waals surface area contributed by atoms with Gasteiger partial charge in [0.05, 0.1) is 25.0 Å². The maximum atomic E-state index is 12.2. The lowest BCUT2D eigenvalue weighted by molar-refractivity contribution is -0.117. The number of nitrogens with zero attached hydrogens (tertiary/aromatic N) is 3. The maximum absolute atomic E-state index is 12.2. The van der Waals surface area contributed by atoms with Crippen molar-refractivity contribution < 1.29 is 13.7 Å². The van der Waals surface area contributed by atoms with Crippen molar-refractivity contribution in [1.29, 1.82) is 0 Å². The Bertz CT molecular complexity index is 832. The fourth-order valence-electron chi connectivity index (χ4n) is 2.29. The third-order valence-corrected chi connectivity index (χ3v) is 4.21. The number of thioether (sulfide) groups is 1. The second-order valence-electron chi connectivity index (χ2n) is 5.41. The fraction of sp³-hybridized carbons (Fsp3) is 0.235. The molecule has 1 aromatic carbocycles. The van der Waals surface area contributed by atoms with Gasteiger partial charge < -0.3 is 14.3 Å². The van der Waals surface area contributed by atoms with E-state index in [0.717, 1.165) is 10.6 Å². The molecule has 0 saturated heterocycles. The monoisotopic (exact) mass is 358 g/mol. The average Bonchev–Trinajstić information content (AvgIpc) is 3.26. The van der Waals surface area contributed by atoms with Crippen LogP contribution in [-0.4, -0.2) is 40.8 Å². The number of hydrogen-bond donors (Lipinski definition) is 1. The molecule has 0 spiro atoms. The molecule has 7 nitrogen and oxygen atoms in total. The number of furan rings is 1. The first-order valence-corrected chi connectivity index (χ1v) is 8.86. The Morgan fingerprint density at radius 1 is 1.28 bits per heavy atom. The number of hydrogen-bond acceptors (Lipinski definition) is 7. The molecule has 2 aromatic heterocycles. The van der Waals surface area contributed by atoms with E-state index in [1.807, 2.05) is 37.6 Å². The van der Waals surface area contributed by atoms with E-state index in [9.17, 15) is 4.79 Å². The third-order valence-electron chi connectivity index (χ3n) is 3.41. The molecule has 0 saturated carbocycles. The van der Waals surface area contributed by atoms with E-state index < -0.39 is 0 Å². The van der Waals surface area contributed by atoms with Crippen LogP contribution in [0.5, 0.6) is 0 Å². The van der Waals surface area contributed by atoms with Crippen LogP contribution in [0.2, 0.25) is 0 Å². The second kappa shape index (κ2) is 8.00. The number of carbonyl (C=O) groups is 1. The van der Waals surface area contributed by atoms with Gasteiger partial charge in [0.15, 0.2) is 5.76 Å². The van der Waals surface area contributed by atoms with Crippen LogP contribution >= 0.6 is 11.8 Å². The van der Waals surface area contributed by atoms with Crippen LogP contribution in [-0.2, 0) is 11.3 Å². The predicted molar refractivity (Wildman–Crippen MR) is 95.2 cm³/mol. The highest BCUT2D eigenvalue weighted by atomic mass is 32.2. The average molecular weight is 358 g/mol. The number of carbonyl (C=O) groups excluding carboxylic acids is 1. The van der Waals surface area contributed by atoms with Crippen LogP contribution < -0.4 is 5.32 Å². The lowest BCUT2D eigenvalue weighted by atomic mass is 10.3. The molecule has 1 amide bonds. The first-order chi connectivity index (χ1) is 12.2. The highest BCUT2D eigenvalue weighted by molar-refractivity contribution is 7.98. The normalized spacial score (nSPS) is 11.0. The van der Waals surface area contributed by atoms with Crippen molar-refractivity contribution in [3.8, 4) is 11.6 Å². The van der Waals surface area contributed by atoms with Crippen LogP contribution in [0.25, 0.3) is 11.6 Å². The van der Waals surface area contributed by atoms with E-state index in [2.05, 4.69) is 15.5 Å². The summed E-state index contributed by atoms with van der Waals surface area (Å²) >= 11 is 1.59. The molecule has 2 heterocycles. The summed E-state index contributed by atoms with van der Waals surface area (Å²) in [5, 5.41) is 6.79. The van der Waals surface area contributed by atoms with Crippen molar-refractivity contribution in [3.63, 3.8) is 0 Å². The first kappa shape index (κ1) is 17.2. The molecule has 25 heavy (non-hydrogen) atoms. The van der Waals surface area contributed by atoms with Gasteiger partial charge in [-0.25, -0.2) is 0 Å². The van der Waals surface area contributed by atoms with Crippen LogP contribution in [0.4, 0.5) is 5.69 Å². The van der Waals surface area contributed by atoms with Crippen LogP contribution in [0.15, 0.2) is 56.5 Å². The third kappa shape index (κ3) is 4.49. The summed E-state index contributed by atoms with van der Waals surface area (Å²) in [6, 6.07) is 11.2. The van der Waals surface area contributed by atoms with Gasteiger partial charge in [0.1, 0.15) is 0 Å². The Morgan fingerprint density at radius 2 is 2.12 bits per heavy atom. The molecular formula is C17H18N4O3S. The van der Waals surface area contributed by atoms with E-state index in [1.165, 1.54) is 0 Å². The van der Waals surface area contributed by atoms with Gasteiger partial charge in [-0.05, 0) is 37.6 Å². The van der Waals surface area contributed by atoms with E-state index in [0.29, 0.717) is 24.0 Å². The number of para-hydroxylation sites is 1. The van der Waals surface area contributed by atoms with Crippen molar-refractivity contribution in [2.75, 3.05) is 25.2 Å². The summed E-state index contributed by atoms with van der Waals surface area (Å²) in [5.74, 6) is 1.26. The minimum absolute atomic E-state index is 0.102. The topological polar surface area (TPSA) is 84.4 Å². The van der Waals surface area contributed by atoms with Gasteiger partial charge in [-0.15, -0.1) is 11.8 Å². The molecule has 0 aliphatic heterocycles. The molecule has 0 fully saturated rings. The predicted octanol–water partition coefficient (Wildman–Crippen LogP) is 3.12. The Morgan fingerprint density at radius 3 is 2.88 bits per heavy atom. The van der Waals surface area contributed by atoms with Crippen molar-refractivity contribution in [1.82, 2.24) is 15.0 Å². The first-order valence-electron chi connectivity index (χ1n) is 7.63. The van der Waals surface area contributed by atoms with Crippen molar-refractivity contribution in [2.24, 2.45) is 0 Å². The summed E-state index contributed by atoms with van der Waals surface area (Å²) in [4.78, 5) is 19.3. The minimum atomic E-state index is -0.102. The van der Waals surface area contributed by atoms with Crippen molar-refractivity contribution in [3.05, 3.63) is 48.6 Å². The lowest BCUT2D eigenvalue weighted by Crippen LogP contribution is -2.30. The zero-order chi connectivity index (χ0) is 17.6. The van der Waals surface area contributed by atoms with Gasteiger partial charge in [-0.2, -0.15) is 4.98 Å². The molecule has 1 N–H and O–H groups in total. The number of aromatic nitrogens is 2. The SMILES string of the molecule is CSc1ccccc1NC(=O)CN(C)Cc1nc(-c2ccco2)no1. The summed E-state index contributed by atoms with van der Waals surface area (Å²) < 4.78 is 10.4. The Balaban J connectivity index is 1.55. The number of anilines is 1. The number of amides is 1. The molecule has 8 heteroatoms. The van der Waals surface area contributed by atoms with E-state index >= 15 is 0 Å². The Labute approximate surface area is 149 Å². The van der Waals surface area contributed by atoms with E-state index in [4.69, 9.17) is 8.94 Å². The molecule has 0 bridgehead atoms. The zero-order valence-electron chi connectivity index (χ0n) is 13.9. The molecular weight excluding hydrogens is 340 g/mol. The molecule has 0 atom stereocenters. The molecule has 0 aliphatic rings. The molecule has 0 unspecified atom stereocenters. The fourth-order valence-corrected chi connectivity index (χ4v) is 2.85. The number of benzene rings is 1. The van der Waals surface area contributed by atoms with Crippen molar-refractivity contribution in [2.45, 2.75) is 11.4 Å². The number of nitrogens with one attached hydrogen (secondary N) is 1. The molecule has 3 rings (SSSR count). The quantitative estimate of drug-likeness (QED) is 0.650. The van der Waals surface area contributed by atoms with Crippen LogP contribution in [0, 0.1) is 0 Å². The second-order valence-corrected chi connectivity index (χ2v) is 6.26. The Kier molecular flexibility index (Phi) is 5.52. The van der Waals surface area contributed by atoms with Crippen LogP contribution in [0.1, 0.15) is 5.89 Å². The van der Waals surface area contributed by atoms with Crippen LogP contribution in [0.3, 0.4) is 0 Å². The lowest BCUT2D eigenvalue weighted by Gasteiger charge is -2.15. The van der Waals surface area contributed by atoms with Gasteiger partial charge in [-0.3, -0.25) is 9.69 Å². The maximum Gasteiger partial charge on any atom is 0.241 e. The number of likely N-dealkylation sites (N-methyl/N-ethyl adjacent to an activating group) is 1. The molecule has 130 valence electrons. The largest absolute Gasteiger partial charge is 0.461 e. The van der Waals surface area contributed by atoms with E-state index in [1.54, 1.807) is 35.1 Å². The minimum Gasteiger partial charge on any atom is -0.461 e. The summed E-state index contributed by atoms with van der Waals surface area (Å²) in [6.07, 6.45) is 3.53. The summed E-state index contributed by atoms with van der Waals surface area (Å²) in [7, 11) is 1.82. The molecule has 3 aromatic rings. The van der Waals surface area contributed by atoms with Gasteiger partial charge in [0.2, 0.25) is 17.6 Å². The summed E-state index contributed by atoms with van der Waals surface area (Å²) in [6.45, 7) is 0.576. The zero-order valence-corrected chi connectivity index (χ0v) is 14.7. The Hall–Kier alpha value is -2.58. The van der Waals surface area contributed by atoms with Gasteiger partial charge in [0, 0.05) is 4.90 Å². The number of rotatable bonds is 7. The van der Waals surface area contributed by atoms with E-state index in [-0.39, 0.29) is 12.5 Å².